The topological polar surface area (TPSA) is 13.1 Å². The first-order chi connectivity index (χ1) is 25.3. The Hall–Kier alpha value is -6.84. The second kappa shape index (κ2) is 11.9. The van der Waals surface area contributed by atoms with Crippen LogP contribution in [0, 0.1) is 0 Å². The Labute approximate surface area is 296 Å². The molecule has 0 bridgehead atoms. The van der Waals surface area contributed by atoms with Gasteiger partial charge in [0.1, 0.15) is 0 Å². The molecule has 0 aliphatic heterocycles. The molecule has 10 rings (SSSR count). The molecule has 0 unspecified atom stereocenters. The van der Waals surface area contributed by atoms with Crippen LogP contribution in [-0.4, -0.2) is 9.13 Å². The predicted octanol–water partition coefficient (Wildman–Crippen LogP) is 13.0. The third-order valence-electron chi connectivity index (χ3n) is 10.1. The first-order valence-electron chi connectivity index (χ1n) is 17.5. The van der Waals surface area contributed by atoms with Gasteiger partial charge in [-0.3, -0.25) is 0 Å². The Morgan fingerprint density at radius 3 is 1.55 bits per heavy atom. The zero-order valence-electron chi connectivity index (χ0n) is 27.9. The average Bonchev–Trinajstić information content (AvgIpc) is 3.72. The van der Waals surface area contributed by atoms with Gasteiger partial charge < -0.3 is 14.0 Å². The lowest BCUT2D eigenvalue weighted by Gasteiger charge is -2.26. The standard InChI is InChI=1S/C48H33N3/c1-4-16-35(17-5-1)49(36-18-6-2-7-19-36)38-22-14-23-39(33-38)51-44-27-12-10-24-41(44)42-31-30-34(32-47(42)51)40-26-15-29-46-48(40)43-25-11-13-28-45(43)50(46)37-20-8-3-9-21-37/h1-33H. The zero-order valence-corrected chi connectivity index (χ0v) is 27.9. The molecule has 0 amide bonds. The van der Waals surface area contributed by atoms with Crippen LogP contribution in [0.2, 0.25) is 0 Å². The number of para-hydroxylation sites is 5. The molecule has 10 aromatic rings. The van der Waals surface area contributed by atoms with Gasteiger partial charge in [-0.25, -0.2) is 0 Å². The van der Waals surface area contributed by atoms with Gasteiger partial charge in [0.05, 0.1) is 22.1 Å². The summed E-state index contributed by atoms with van der Waals surface area (Å²) in [7, 11) is 0. The fourth-order valence-electron chi connectivity index (χ4n) is 7.90. The van der Waals surface area contributed by atoms with E-state index in [0.717, 1.165) is 28.4 Å². The number of hydrogen-bond donors (Lipinski definition) is 0. The lowest BCUT2D eigenvalue weighted by atomic mass is 9.98. The highest BCUT2D eigenvalue weighted by molar-refractivity contribution is 6.17. The van der Waals surface area contributed by atoms with Crippen molar-refractivity contribution in [3.63, 3.8) is 0 Å². The molecule has 2 heterocycles. The number of hydrogen-bond acceptors (Lipinski definition) is 1. The molecular weight excluding hydrogens is 619 g/mol. The van der Waals surface area contributed by atoms with E-state index in [1.165, 1.54) is 54.7 Å². The molecule has 0 radical (unpaired) electrons. The SMILES string of the molecule is c1ccc(N(c2ccccc2)c2cccc(-n3c4ccccc4c4ccc(-c5cccc6c5c5ccccc5n6-c5ccccc5)cc43)c2)cc1. The number of fused-ring (bicyclic) bond motifs is 6. The summed E-state index contributed by atoms with van der Waals surface area (Å²) in [4.78, 5) is 2.33. The molecule has 0 atom stereocenters. The van der Waals surface area contributed by atoms with Gasteiger partial charge in [-0.1, -0.05) is 121 Å². The van der Waals surface area contributed by atoms with Gasteiger partial charge >= 0.3 is 0 Å². The van der Waals surface area contributed by atoms with E-state index in [1.807, 2.05) is 0 Å². The average molecular weight is 652 g/mol. The molecule has 0 aliphatic rings. The minimum atomic E-state index is 1.10. The fraction of sp³-hybridized carbons (Fsp3) is 0. The molecule has 3 nitrogen and oxygen atoms in total. The van der Waals surface area contributed by atoms with Gasteiger partial charge in [-0.15, -0.1) is 0 Å². The second-order valence-corrected chi connectivity index (χ2v) is 13.0. The van der Waals surface area contributed by atoms with Crippen molar-refractivity contribution in [3.05, 3.63) is 200 Å². The van der Waals surface area contributed by atoms with Crippen molar-refractivity contribution < 1.29 is 0 Å². The van der Waals surface area contributed by atoms with Crippen LogP contribution in [0.15, 0.2) is 200 Å². The molecule has 0 fully saturated rings. The van der Waals surface area contributed by atoms with Gasteiger partial charge in [0.25, 0.3) is 0 Å². The first-order valence-corrected chi connectivity index (χ1v) is 17.5. The number of anilines is 3. The molecule has 0 spiro atoms. The van der Waals surface area contributed by atoms with Crippen LogP contribution in [0.5, 0.6) is 0 Å². The third-order valence-corrected chi connectivity index (χ3v) is 10.1. The Kier molecular flexibility index (Phi) is 6.81. The summed E-state index contributed by atoms with van der Waals surface area (Å²) < 4.78 is 4.82. The summed E-state index contributed by atoms with van der Waals surface area (Å²) in [5, 5.41) is 5.00. The lowest BCUT2D eigenvalue weighted by molar-refractivity contribution is 1.17. The maximum atomic E-state index is 2.43. The van der Waals surface area contributed by atoms with Gasteiger partial charge in [0, 0.05) is 50.0 Å². The van der Waals surface area contributed by atoms with Crippen LogP contribution in [-0.2, 0) is 0 Å². The van der Waals surface area contributed by atoms with E-state index >= 15 is 0 Å². The molecule has 240 valence electrons. The summed E-state index contributed by atoms with van der Waals surface area (Å²) >= 11 is 0. The predicted molar refractivity (Wildman–Crippen MR) is 215 cm³/mol. The van der Waals surface area contributed by atoms with E-state index < -0.39 is 0 Å². The largest absolute Gasteiger partial charge is 0.310 e. The minimum absolute atomic E-state index is 1.10. The lowest BCUT2D eigenvalue weighted by Crippen LogP contribution is -2.10. The zero-order chi connectivity index (χ0) is 33.7. The maximum Gasteiger partial charge on any atom is 0.0547 e. The Morgan fingerprint density at radius 1 is 0.314 bits per heavy atom. The van der Waals surface area contributed by atoms with E-state index in [9.17, 15) is 0 Å². The van der Waals surface area contributed by atoms with Gasteiger partial charge in [-0.05, 0) is 90.0 Å². The Balaban J connectivity index is 1.20. The van der Waals surface area contributed by atoms with Crippen LogP contribution in [0.1, 0.15) is 0 Å². The van der Waals surface area contributed by atoms with E-state index in [2.05, 4.69) is 214 Å². The quantitative estimate of drug-likeness (QED) is 0.174. The van der Waals surface area contributed by atoms with Crippen molar-refractivity contribution in [2.45, 2.75) is 0 Å². The van der Waals surface area contributed by atoms with Crippen LogP contribution < -0.4 is 4.90 Å². The number of aromatic nitrogens is 2. The third kappa shape index (κ3) is 4.74. The summed E-state index contributed by atoms with van der Waals surface area (Å²) in [6, 6.07) is 72.0. The Morgan fingerprint density at radius 2 is 0.824 bits per heavy atom. The van der Waals surface area contributed by atoms with Gasteiger partial charge in [-0.2, -0.15) is 0 Å². The van der Waals surface area contributed by atoms with Gasteiger partial charge in [0.15, 0.2) is 0 Å². The van der Waals surface area contributed by atoms with Crippen LogP contribution in [0.4, 0.5) is 17.1 Å². The molecule has 2 aromatic heterocycles. The van der Waals surface area contributed by atoms with Crippen molar-refractivity contribution in [2.75, 3.05) is 4.90 Å². The molecule has 3 heteroatoms. The first kappa shape index (κ1) is 29.1. The van der Waals surface area contributed by atoms with Crippen LogP contribution in [0.25, 0.3) is 66.1 Å². The molecule has 0 saturated carbocycles. The van der Waals surface area contributed by atoms with Crippen molar-refractivity contribution in [1.29, 1.82) is 0 Å². The molecule has 0 saturated heterocycles. The van der Waals surface area contributed by atoms with E-state index in [0.29, 0.717) is 0 Å². The summed E-state index contributed by atoms with van der Waals surface area (Å²) in [6.07, 6.45) is 0. The summed E-state index contributed by atoms with van der Waals surface area (Å²) in [5.41, 5.74) is 12.8. The van der Waals surface area contributed by atoms with Crippen LogP contribution in [0.3, 0.4) is 0 Å². The second-order valence-electron chi connectivity index (χ2n) is 13.0. The van der Waals surface area contributed by atoms with E-state index in [1.54, 1.807) is 0 Å². The summed E-state index contributed by atoms with van der Waals surface area (Å²) in [5.74, 6) is 0. The van der Waals surface area contributed by atoms with E-state index in [-0.39, 0.29) is 0 Å². The number of benzene rings is 8. The minimum Gasteiger partial charge on any atom is -0.310 e. The summed E-state index contributed by atoms with van der Waals surface area (Å²) in [6.45, 7) is 0. The highest BCUT2D eigenvalue weighted by Crippen LogP contribution is 2.42. The highest BCUT2D eigenvalue weighted by atomic mass is 15.1. The van der Waals surface area contributed by atoms with Crippen molar-refractivity contribution in [3.8, 4) is 22.5 Å². The molecule has 51 heavy (non-hydrogen) atoms. The number of nitrogens with zero attached hydrogens (tertiary/aromatic N) is 3. The van der Waals surface area contributed by atoms with E-state index in [4.69, 9.17) is 0 Å². The smallest absolute Gasteiger partial charge is 0.0547 e. The molecular formula is C48H33N3. The van der Waals surface area contributed by atoms with Crippen molar-refractivity contribution >= 4 is 60.7 Å². The molecule has 0 aliphatic carbocycles. The normalized spacial score (nSPS) is 11.5. The number of rotatable bonds is 6. The molecule has 8 aromatic carbocycles. The maximum absolute atomic E-state index is 2.43. The molecule has 0 N–H and O–H groups in total. The monoisotopic (exact) mass is 651 g/mol. The Bertz CT molecular complexity index is 2810. The van der Waals surface area contributed by atoms with Crippen molar-refractivity contribution in [2.24, 2.45) is 0 Å². The highest BCUT2D eigenvalue weighted by Gasteiger charge is 2.19. The van der Waals surface area contributed by atoms with Crippen LogP contribution >= 0.6 is 0 Å². The van der Waals surface area contributed by atoms with Crippen molar-refractivity contribution in [1.82, 2.24) is 9.13 Å². The van der Waals surface area contributed by atoms with Gasteiger partial charge in [0.2, 0.25) is 0 Å². The fourth-order valence-corrected chi connectivity index (χ4v) is 7.90.